The molecule has 84 valence electrons. The van der Waals surface area contributed by atoms with E-state index in [4.69, 9.17) is 11.6 Å². The second-order valence-electron chi connectivity index (χ2n) is 2.65. The maximum Gasteiger partial charge on any atom is 0.418 e. The summed E-state index contributed by atoms with van der Waals surface area (Å²) in [5, 5.41) is 0. The van der Waals surface area contributed by atoms with Crippen LogP contribution in [0, 0.1) is 0 Å². The predicted molar refractivity (Wildman–Crippen MR) is 43.8 cm³/mol. The number of hydrogen-bond donors (Lipinski definition) is 0. The first kappa shape index (κ1) is 12.2. The fourth-order valence-electron chi connectivity index (χ4n) is 1.13. The minimum absolute atomic E-state index is 0.560. The lowest BCUT2D eigenvalue weighted by molar-refractivity contribution is -0.140. The number of rotatable bonds is 2. The van der Waals surface area contributed by atoms with E-state index < -0.39 is 35.3 Å². The van der Waals surface area contributed by atoms with Crippen molar-refractivity contribution in [1.82, 2.24) is 4.98 Å². The zero-order valence-electron chi connectivity index (χ0n) is 7.15. The predicted octanol–water partition coefficient (Wildman–Crippen LogP) is 3.78. The van der Waals surface area contributed by atoms with Gasteiger partial charge in [0.2, 0.25) is 0 Å². The Balaban J connectivity index is 3.41. The lowest BCUT2D eigenvalue weighted by Gasteiger charge is -2.14. The van der Waals surface area contributed by atoms with E-state index in [-0.39, 0.29) is 0 Å². The van der Waals surface area contributed by atoms with Crippen molar-refractivity contribution in [2.45, 2.75) is 18.5 Å². The quantitative estimate of drug-likeness (QED) is 0.571. The van der Waals surface area contributed by atoms with E-state index >= 15 is 0 Å². The molecule has 1 rings (SSSR count). The molecule has 0 fully saturated rings. The lowest BCUT2D eigenvalue weighted by atomic mass is 10.1. The van der Waals surface area contributed by atoms with Gasteiger partial charge in [0, 0.05) is 11.8 Å². The van der Waals surface area contributed by atoms with E-state index in [0.717, 1.165) is 6.20 Å². The maximum atomic E-state index is 12.4. The average Bonchev–Trinajstić information content (AvgIpc) is 2.15. The van der Waals surface area contributed by atoms with Gasteiger partial charge in [0.25, 0.3) is 6.43 Å². The third kappa shape index (κ3) is 2.56. The van der Waals surface area contributed by atoms with E-state index in [1.165, 1.54) is 0 Å². The van der Waals surface area contributed by atoms with Gasteiger partial charge in [0.15, 0.2) is 0 Å². The summed E-state index contributed by atoms with van der Waals surface area (Å²) in [7, 11) is 0. The first-order chi connectivity index (χ1) is 6.88. The van der Waals surface area contributed by atoms with Crippen LogP contribution in [0.2, 0.25) is 0 Å². The van der Waals surface area contributed by atoms with Gasteiger partial charge in [-0.15, -0.1) is 11.6 Å². The molecule has 0 aromatic carbocycles. The van der Waals surface area contributed by atoms with E-state index in [2.05, 4.69) is 4.98 Å². The first-order valence-electron chi connectivity index (χ1n) is 3.77. The number of alkyl halides is 6. The molecule has 0 aliphatic heterocycles. The van der Waals surface area contributed by atoms with Crippen molar-refractivity contribution in [3.63, 3.8) is 0 Å². The smallest absolute Gasteiger partial charge is 0.259 e. The molecule has 0 saturated heterocycles. The highest BCUT2D eigenvalue weighted by molar-refractivity contribution is 6.17. The summed E-state index contributed by atoms with van der Waals surface area (Å²) in [6.45, 7) is 0. The van der Waals surface area contributed by atoms with Gasteiger partial charge in [0.05, 0.1) is 17.1 Å². The number of nitrogens with zero attached hydrogens (tertiary/aromatic N) is 1. The monoisotopic (exact) mass is 245 g/mol. The molecular formula is C8H5ClF5N. The Labute approximate surface area is 86.9 Å². The van der Waals surface area contributed by atoms with Crippen LogP contribution in [0.1, 0.15) is 23.2 Å². The summed E-state index contributed by atoms with van der Waals surface area (Å²) in [5.74, 6) is -0.560. The van der Waals surface area contributed by atoms with Gasteiger partial charge in [-0.2, -0.15) is 13.2 Å². The summed E-state index contributed by atoms with van der Waals surface area (Å²) < 4.78 is 61.9. The van der Waals surface area contributed by atoms with Crippen LogP contribution in [0.5, 0.6) is 0 Å². The fraction of sp³-hybridized carbons (Fsp3) is 0.375. The molecular weight excluding hydrogens is 241 g/mol. The molecule has 0 spiro atoms. The minimum Gasteiger partial charge on any atom is -0.259 e. The molecule has 0 unspecified atom stereocenters. The summed E-state index contributed by atoms with van der Waals surface area (Å²) in [4.78, 5) is 3.32. The van der Waals surface area contributed by atoms with Crippen molar-refractivity contribution in [2.75, 3.05) is 0 Å². The topological polar surface area (TPSA) is 12.9 Å². The Bertz CT molecular complexity index is 349. The Hall–Kier alpha value is -0.910. The third-order valence-electron chi connectivity index (χ3n) is 1.71. The highest BCUT2D eigenvalue weighted by atomic mass is 35.5. The van der Waals surface area contributed by atoms with Crippen molar-refractivity contribution in [3.8, 4) is 0 Å². The summed E-state index contributed by atoms with van der Waals surface area (Å²) in [6.07, 6.45) is -7.19. The standard InChI is InChI=1S/C8H5ClF5N/c9-3-5-6(8(12,13)14)4(7(10)11)1-2-15-5/h1-2,7H,3H2. The van der Waals surface area contributed by atoms with E-state index in [1.54, 1.807) is 0 Å². The minimum atomic E-state index is -4.87. The molecule has 0 N–H and O–H groups in total. The molecule has 15 heavy (non-hydrogen) atoms. The molecule has 7 heteroatoms. The SMILES string of the molecule is FC(F)c1ccnc(CCl)c1C(F)(F)F. The van der Waals surface area contributed by atoms with Crippen molar-refractivity contribution in [2.24, 2.45) is 0 Å². The van der Waals surface area contributed by atoms with Crippen LogP contribution < -0.4 is 0 Å². The van der Waals surface area contributed by atoms with Crippen molar-refractivity contribution in [3.05, 3.63) is 29.1 Å². The van der Waals surface area contributed by atoms with E-state index in [0.29, 0.717) is 6.07 Å². The van der Waals surface area contributed by atoms with Gasteiger partial charge in [-0.05, 0) is 6.07 Å². The second kappa shape index (κ2) is 4.30. The van der Waals surface area contributed by atoms with Crippen LogP contribution >= 0.6 is 11.6 Å². The number of halogens is 6. The molecule has 0 radical (unpaired) electrons. The first-order valence-corrected chi connectivity index (χ1v) is 4.30. The second-order valence-corrected chi connectivity index (χ2v) is 2.92. The van der Waals surface area contributed by atoms with Gasteiger partial charge in [-0.25, -0.2) is 8.78 Å². The van der Waals surface area contributed by atoms with Crippen molar-refractivity contribution >= 4 is 11.6 Å². The van der Waals surface area contributed by atoms with E-state index in [9.17, 15) is 22.0 Å². The number of hydrogen-bond acceptors (Lipinski definition) is 1. The summed E-state index contributed by atoms with van der Waals surface area (Å²) in [6, 6.07) is 0.642. The van der Waals surface area contributed by atoms with Crippen LogP contribution in [0.4, 0.5) is 22.0 Å². The zero-order valence-corrected chi connectivity index (χ0v) is 7.91. The average molecular weight is 246 g/mol. The molecule has 0 saturated carbocycles. The molecule has 1 heterocycles. The van der Waals surface area contributed by atoms with Gasteiger partial charge in [-0.1, -0.05) is 0 Å². The molecule has 0 bridgehead atoms. The summed E-state index contributed by atoms with van der Waals surface area (Å²) in [5.41, 5.74) is -3.11. The fourth-order valence-corrected chi connectivity index (χ4v) is 1.34. The zero-order chi connectivity index (χ0) is 11.6. The number of aromatic nitrogens is 1. The van der Waals surface area contributed by atoms with E-state index in [1.807, 2.05) is 0 Å². The van der Waals surface area contributed by atoms with Crippen LogP contribution in [-0.4, -0.2) is 4.98 Å². The Morgan fingerprint density at radius 2 is 1.93 bits per heavy atom. The number of pyridine rings is 1. The summed E-state index contributed by atoms with van der Waals surface area (Å²) >= 11 is 5.21. The van der Waals surface area contributed by atoms with Crippen LogP contribution in [0.15, 0.2) is 12.3 Å². The Kier molecular flexibility index (Phi) is 3.49. The van der Waals surface area contributed by atoms with Crippen molar-refractivity contribution < 1.29 is 22.0 Å². The van der Waals surface area contributed by atoms with Gasteiger partial charge < -0.3 is 0 Å². The van der Waals surface area contributed by atoms with Crippen LogP contribution in [-0.2, 0) is 12.1 Å². The molecule has 1 aromatic rings. The molecule has 1 aromatic heterocycles. The Morgan fingerprint density at radius 1 is 1.33 bits per heavy atom. The van der Waals surface area contributed by atoms with Crippen LogP contribution in [0.3, 0.4) is 0 Å². The highest BCUT2D eigenvalue weighted by Gasteiger charge is 2.38. The molecule has 0 aliphatic rings. The maximum absolute atomic E-state index is 12.4. The highest BCUT2D eigenvalue weighted by Crippen LogP contribution is 2.38. The van der Waals surface area contributed by atoms with Crippen LogP contribution in [0.25, 0.3) is 0 Å². The van der Waals surface area contributed by atoms with Gasteiger partial charge >= 0.3 is 6.18 Å². The Morgan fingerprint density at radius 3 is 2.33 bits per heavy atom. The van der Waals surface area contributed by atoms with Gasteiger partial charge in [0.1, 0.15) is 0 Å². The van der Waals surface area contributed by atoms with Crippen molar-refractivity contribution in [1.29, 1.82) is 0 Å². The van der Waals surface area contributed by atoms with Gasteiger partial charge in [-0.3, -0.25) is 4.98 Å². The lowest BCUT2D eigenvalue weighted by Crippen LogP contribution is -2.14. The third-order valence-corrected chi connectivity index (χ3v) is 1.96. The largest absolute Gasteiger partial charge is 0.418 e. The molecule has 0 amide bonds. The molecule has 0 atom stereocenters. The molecule has 0 aliphatic carbocycles. The normalized spacial score (nSPS) is 12.2. The molecule has 1 nitrogen and oxygen atoms in total.